The van der Waals surface area contributed by atoms with Gasteiger partial charge in [0.15, 0.2) is 14.2 Å². The number of aromatic nitrogens is 4. The number of benzene rings is 8. The number of anilines is 3. The zero-order valence-corrected chi connectivity index (χ0v) is 35.6. The van der Waals surface area contributed by atoms with Crippen LogP contribution in [-0.4, -0.2) is 27.0 Å². The summed E-state index contributed by atoms with van der Waals surface area (Å²) in [5.74, 6) is 0. The Kier molecular flexibility index (Phi) is 8.10. The standard InChI is InChI=1S/C57H38FN5Si/c58-54(39-31-32-44-45-25-10-12-27-48(45)61-34-33-59-56(61)47(44)36-39)38-17-16-20-41(35-38)63-49-28-13-11-26-46(49)53-55-51(37-60-57(53)63)62(40-18-4-1-5-19-40)50-29-14-15-30-52(50)64(55,42-21-6-2-7-22-42)43-23-8-3-9-24-43/h1-37,54H. The molecular formula is C57H38FN5Si. The lowest BCUT2D eigenvalue weighted by Gasteiger charge is -2.45. The fourth-order valence-corrected chi connectivity index (χ4v) is 16.0. The number of imidazole rings is 1. The van der Waals surface area contributed by atoms with Crippen LogP contribution < -0.4 is 25.6 Å². The summed E-state index contributed by atoms with van der Waals surface area (Å²) >= 11 is 0. The van der Waals surface area contributed by atoms with E-state index < -0.39 is 14.2 Å². The molecule has 12 aromatic rings. The van der Waals surface area contributed by atoms with Crippen LogP contribution in [0.5, 0.6) is 0 Å². The third-order valence-corrected chi connectivity index (χ3v) is 18.2. The molecule has 13 rings (SSSR count). The van der Waals surface area contributed by atoms with Gasteiger partial charge in [-0.25, -0.2) is 14.4 Å². The van der Waals surface area contributed by atoms with Crippen molar-refractivity contribution < 1.29 is 4.39 Å². The predicted octanol–water partition coefficient (Wildman–Crippen LogP) is 11.4. The molecule has 0 bridgehead atoms. The Labute approximate surface area is 369 Å². The van der Waals surface area contributed by atoms with Gasteiger partial charge in [-0.3, -0.25) is 8.97 Å². The van der Waals surface area contributed by atoms with Crippen LogP contribution in [0.25, 0.3) is 54.9 Å². The molecule has 4 aromatic heterocycles. The van der Waals surface area contributed by atoms with Crippen molar-refractivity contribution in [1.82, 2.24) is 18.9 Å². The number of rotatable bonds is 6. The summed E-state index contributed by atoms with van der Waals surface area (Å²) in [6.07, 6.45) is 4.49. The number of pyridine rings is 2. The Hall–Kier alpha value is -8.13. The average Bonchev–Trinajstić information content (AvgIpc) is 4.00. The molecule has 8 aromatic carbocycles. The van der Waals surface area contributed by atoms with Crippen LogP contribution in [-0.2, 0) is 0 Å². The molecule has 64 heavy (non-hydrogen) atoms. The Bertz CT molecular complexity index is 3730. The molecule has 0 aliphatic carbocycles. The molecule has 0 saturated heterocycles. The van der Waals surface area contributed by atoms with Crippen molar-refractivity contribution in [3.8, 4) is 5.69 Å². The maximum atomic E-state index is 17.3. The third kappa shape index (κ3) is 5.16. The lowest BCUT2D eigenvalue weighted by molar-refractivity contribution is 0.402. The molecule has 302 valence electrons. The van der Waals surface area contributed by atoms with Crippen LogP contribution in [0.15, 0.2) is 225 Å². The van der Waals surface area contributed by atoms with Gasteiger partial charge in [-0.15, -0.1) is 0 Å². The fraction of sp³-hybridized carbons (Fsp3) is 0.0175. The van der Waals surface area contributed by atoms with E-state index in [1.807, 2.05) is 60.9 Å². The van der Waals surface area contributed by atoms with Crippen molar-refractivity contribution in [1.29, 1.82) is 0 Å². The second kappa shape index (κ2) is 14.2. The number of para-hydroxylation sites is 4. The Morgan fingerprint density at radius 2 is 1.11 bits per heavy atom. The first-order valence-corrected chi connectivity index (χ1v) is 23.7. The average molecular weight is 840 g/mol. The topological polar surface area (TPSA) is 38.4 Å². The maximum absolute atomic E-state index is 17.3. The number of hydrogen-bond acceptors (Lipinski definition) is 3. The van der Waals surface area contributed by atoms with E-state index in [0.29, 0.717) is 11.1 Å². The Morgan fingerprint density at radius 1 is 0.469 bits per heavy atom. The Morgan fingerprint density at radius 3 is 1.89 bits per heavy atom. The monoisotopic (exact) mass is 839 g/mol. The van der Waals surface area contributed by atoms with Crippen molar-refractivity contribution in [3.05, 3.63) is 236 Å². The summed E-state index contributed by atoms with van der Waals surface area (Å²) in [6, 6.07) is 72.6. The van der Waals surface area contributed by atoms with Crippen molar-refractivity contribution in [2.45, 2.75) is 6.17 Å². The normalized spacial score (nSPS) is 13.7. The minimum absolute atomic E-state index is 0.572. The quantitative estimate of drug-likeness (QED) is 0.124. The van der Waals surface area contributed by atoms with Crippen LogP contribution in [0, 0.1) is 0 Å². The number of fused-ring (bicyclic) bond motifs is 12. The molecule has 5 heterocycles. The highest BCUT2D eigenvalue weighted by molar-refractivity contribution is 7.22. The summed E-state index contributed by atoms with van der Waals surface area (Å²) in [4.78, 5) is 12.6. The van der Waals surface area contributed by atoms with Gasteiger partial charge in [0.2, 0.25) is 0 Å². The lowest BCUT2D eigenvalue weighted by Crippen LogP contribution is -2.77. The summed E-state index contributed by atoms with van der Waals surface area (Å²) in [7, 11) is -3.11. The second-order valence-corrected chi connectivity index (χ2v) is 20.3. The smallest absolute Gasteiger partial charge is 0.185 e. The minimum atomic E-state index is -3.11. The molecule has 0 saturated carbocycles. The van der Waals surface area contributed by atoms with Gasteiger partial charge in [0.05, 0.1) is 22.9 Å². The van der Waals surface area contributed by atoms with E-state index in [2.05, 4.69) is 178 Å². The molecule has 7 heteroatoms. The summed E-state index contributed by atoms with van der Waals surface area (Å²) < 4.78 is 21.6. The number of hydrogen-bond donors (Lipinski definition) is 0. The molecule has 0 fully saturated rings. The van der Waals surface area contributed by atoms with E-state index in [-0.39, 0.29) is 0 Å². The highest BCUT2D eigenvalue weighted by Gasteiger charge is 2.50. The van der Waals surface area contributed by atoms with Gasteiger partial charge in [-0.05, 0) is 85.8 Å². The SMILES string of the molecule is FC(c1cccc(-n2c3ccccc3c3c4c(cnc32)N(c2ccccc2)c2ccccc2[Si]4(c2ccccc2)c2ccccc2)c1)c1ccc2c3ccccc3n3ccnc3c2c1. The highest BCUT2D eigenvalue weighted by atomic mass is 28.3. The van der Waals surface area contributed by atoms with E-state index in [0.717, 1.165) is 72.0 Å². The first-order chi connectivity index (χ1) is 31.7. The molecule has 0 N–H and O–H groups in total. The van der Waals surface area contributed by atoms with Crippen LogP contribution in [0.1, 0.15) is 17.3 Å². The molecule has 0 radical (unpaired) electrons. The van der Waals surface area contributed by atoms with E-state index in [4.69, 9.17) is 9.97 Å². The second-order valence-electron chi connectivity index (χ2n) is 16.6. The molecule has 1 atom stereocenters. The molecule has 1 aliphatic rings. The summed E-state index contributed by atoms with van der Waals surface area (Å²) in [5, 5.41) is 10.5. The van der Waals surface area contributed by atoms with Crippen LogP contribution in [0.4, 0.5) is 21.5 Å². The van der Waals surface area contributed by atoms with Gasteiger partial charge in [0.25, 0.3) is 0 Å². The minimum Gasteiger partial charge on any atom is -0.309 e. The fourth-order valence-electron chi connectivity index (χ4n) is 10.7. The van der Waals surface area contributed by atoms with Crippen molar-refractivity contribution >= 4 is 95.1 Å². The molecule has 0 amide bonds. The first kappa shape index (κ1) is 36.5. The molecular weight excluding hydrogens is 802 g/mol. The zero-order chi connectivity index (χ0) is 42.4. The van der Waals surface area contributed by atoms with E-state index in [9.17, 15) is 0 Å². The largest absolute Gasteiger partial charge is 0.309 e. The van der Waals surface area contributed by atoms with Gasteiger partial charge in [0.1, 0.15) is 11.3 Å². The molecule has 1 aliphatic heterocycles. The summed E-state index contributed by atoms with van der Waals surface area (Å²) in [5.41, 5.74) is 9.03. The van der Waals surface area contributed by atoms with Crippen LogP contribution in [0.2, 0.25) is 0 Å². The van der Waals surface area contributed by atoms with Gasteiger partial charge in [-0.2, -0.15) is 0 Å². The van der Waals surface area contributed by atoms with Crippen molar-refractivity contribution in [2.24, 2.45) is 0 Å². The third-order valence-electron chi connectivity index (χ3n) is 13.4. The van der Waals surface area contributed by atoms with Crippen LogP contribution in [0.3, 0.4) is 0 Å². The van der Waals surface area contributed by atoms with Crippen LogP contribution >= 0.6 is 0 Å². The number of halogens is 1. The zero-order valence-electron chi connectivity index (χ0n) is 34.6. The van der Waals surface area contributed by atoms with Gasteiger partial charge >= 0.3 is 0 Å². The predicted molar refractivity (Wildman–Crippen MR) is 264 cm³/mol. The van der Waals surface area contributed by atoms with Gasteiger partial charge in [0, 0.05) is 51.0 Å². The van der Waals surface area contributed by atoms with E-state index in [1.165, 1.54) is 20.7 Å². The molecule has 0 spiro atoms. The van der Waals surface area contributed by atoms with Crippen molar-refractivity contribution in [2.75, 3.05) is 4.90 Å². The van der Waals surface area contributed by atoms with Crippen molar-refractivity contribution in [3.63, 3.8) is 0 Å². The highest BCUT2D eigenvalue weighted by Crippen LogP contribution is 2.43. The summed E-state index contributed by atoms with van der Waals surface area (Å²) in [6.45, 7) is 0. The van der Waals surface area contributed by atoms with E-state index >= 15 is 4.39 Å². The first-order valence-electron chi connectivity index (χ1n) is 21.7. The number of alkyl halides is 1. The molecule has 1 unspecified atom stereocenters. The van der Waals surface area contributed by atoms with E-state index in [1.54, 1.807) is 0 Å². The maximum Gasteiger partial charge on any atom is 0.185 e. The lowest BCUT2D eigenvalue weighted by atomic mass is 9.98. The Balaban J connectivity index is 1.07. The number of nitrogens with zero attached hydrogens (tertiary/aromatic N) is 5. The van der Waals surface area contributed by atoms with Gasteiger partial charge < -0.3 is 4.90 Å². The molecule has 5 nitrogen and oxygen atoms in total. The van der Waals surface area contributed by atoms with Gasteiger partial charge in [-0.1, -0.05) is 158 Å².